The number of aliphatic hydroxyl groups excluding tert-OH is 1. The first-order valence-corrected chi connectivity index (χ1v) is 13.2. The highest BCUT2D eigenvalue weighted by molar-refractivity contribution is 5.92. The molecule has 0 unspecified atom stereocenters. The van der Waals surface area contributed by atoms with Gasteiger partial charge in [0.25, 0.3) is 5.91 Å². The van der Waals surface area contributed by atoms with E-state index in [4.69, 9.17) is 0 Å². The molecule has 2 saturated heterocycles. The lowest BCUT2D eigenvalue weighted by Crippen LogP contribution is -2.51. The maximum absolute atomic E-state index is 14.8. The van der Waals surface area contributed by atoms with Crippen LogP contribution in [0.15, 0.2) is 36.5 Å². The number of aliphatic hydroxyl groups is 1. The number of carbonyl (C=O) groups excluding carboxylic acids is 2. The summed E-state index contributed by atoms with van der Waals surface area (Å²) < 4.78 is 14.8. The van der Waals surface area contributed by atoms with Crippen molar-refractivity contribution < 1.29 is 19.1 Å². The largest absolute Gasteiger partial charge is 0.392 e. The summed E-state index contributed by atoms with van der Waals surface area (Å²) in [5, 5.41) is 13.3. The molecule has 2 N–H and O–H groups in total. The Kier molecular flexibility index (Phi) is 7.08. The summed E-state index contributed by atoms with van der Waals surface area (Å²) in [6.45, 7) is 3.97. The van der Waals surface area contributed by atoms with Crippen LogP contribution in [0.2, 0.25) is 0 Å². The lowest BCUT2D eigenvalue weighted by Gasteiger charge is -2.36. The van der Waals surface area contributed by atoms with E-state index in [1.807, 2.05) is 6.92 Å². The van der Waals surface area contributed by atoms with E-state index >= 15 is 0 Å². The molecule has 7 nitrogen and oxygen atoms in total. The van der Waals surface area contributed by atoms with Gasteiger partial charge in [0.15, 0.2) is 0 Å². The van der Waals surface area contributed by atoms with Crippen LogP contribution in [0.3, 0.4) is 0 Å². The first-order valence-electron chi connectivity index (χ1n) is 13.2. The lowest BCUT2D eigenvalue weighted by atomic mass is 9.91. The fourth-order valence-corrected chi connectivity index (χ4v) is 6.28. The first kappa shape index (κ1) is 24.8. The zero-order valence-corrected chi connectivity index (χ0v) is 20.9. The molecule has 1 aromatic carbocycles. The molecule has 0 radical (unpaired) electrons. The third-order valence-electron chi connectivity index (χ3n) is 8.10. The number of β-amino-alcohol motifs (C(OH)–C–C–N with tert-alkyl or cyclic N) is 1. The number of rotatable bonds is 6. The Bertz CT molecular complexity index is 1120. The number of aromatic nitrogens is 1. The van der Waals surface area contributed by atoms with Gasteiger partial charge in [-0.1, -0.05) is 31.4 Å². The van der Waals surface area contributed by atoms with Crippen molar-refractivity contribution in [1.82, 2.24) is 20.1 Å². The number of benzene rings is 1. The molecular weight excluding hydrogens is 459 g/mol. The molecule has 3 fully saturated rings. The molecule has 1 aliphatic carbocycles. The molecule has 8 heteroatoms. The summed E-state index contributed by atoms with van der Waals surface area (Å²) in [7, 11) is 0. The molecule has 1 aromatic heterocycles. The summed E-state index contributed by atoms with van der Waals surface area (Å²) in [6.07, 6.45) is 7.86. The van der Waals surface area contributed by atoms with E-state index in [1.165, 1.54) is 31.5 Å². The van der Waals surface area contributed by atoms with Crippen LogP contribution in [-0.4, -0.2) is 69.0 Å². The molecule has 2 amide bonds. The first-order chi connectivity index (χ1) is 17.4. The van der Waals surface area contributed by atoms with Crippen LogP contribution in [0.4, 0.5) is 4.39 Å². The Labute approximate surface area is 211 Å². The van der Waals surface area contributed by atoms with Gasteiger partial charge in [-0.2, -0.15) is 0 Å². The van der Waals surface area contributed by atoms with Crippen LogP contribution >= 0.6 is 0 Å². The zero-order chi connectivity index (χ0) is 25.3. The minimum atomic E-state index is -0.679. The summed E-state index contributed by atoms with van der Waals surface area (Å²) in [5.41, 5.74) is 1.46. The number of pyridine rings is 1. The van der Waals surface area contributed by atoms with E-state index in [9.17, 15) is 19.1 Å². The summed E-state index contributed by atoms with van der Waals surface area (Å²) in [5.74, 6) is -0.485. The number of nitrogens with one attached hydrogen (secondary N) is 1. The van der Waals surface area contributed by atoms with E-state index in [-0.39, 0.29) is 23.3 Å². The van der Waals surface area contributed by atoms with Crippen LogP contribution in [0.5, 0.6) is 0 Å². The van der Waals surface area contributed by atoms with Gasteiger partial charge in [-0.3, -0.25) is 19.5 Å². The van der Waals surface area contributed by atoms with Gasteiger partial charge in [-0.25, -0.2) is 4.39 Å². The predicted molar refractivity (Wildman–Crippen MR) is 135 cm³/mol. The van der Waals surface area contributed by atoms with Crippen molar-refractivity contribution in [3.63, 3.8) is 0 Å². The minimum Gasteiger partial charge on any atom is -0.392 e. The number of hydrogen-bond donors (Lipinski definition) is 2. The third-order valence-corrected chi connectivity index (χ3v) is 8.10. The predicted octanol–water partition coefficient (Wildman–Crippen LogP) is 3.51. The van der Waals surface area contributed by atoms with Gasteiger partial charge >= 0.3 is 0 Å². The molecule has 1 saturated carbocycles. The smallest absolute Gasteiger partial charge is 0.269 e. The third kappa shape index (κ3) is 4.64. The number of halogens is 1. The molecule has 3 heterocycles. The van der Waals surface area contributed by atoms with E-state index < -0.39 is 11.6 Å². The van der Waals surface area contributed by atoms with Crippen molar-refractivity contribution in [3.8, 4) is 11.1 Å². The number of amides is 2. The van der Waals surface area contributed by atoms with Crippen LogP contribution in [0, 0.1) is 5.82 Å². The molecule has 2 aliphatic heterocycles. The van der Waals surface area contributed by atoms with Crippen LogP contribution in [-0.2, 0) is 11.3 Å². The molecule has 5 rings (SSSR count). The van der Waals surface area contributed by atoms with Gasteiger partial charge in [0.1, 0.15) is 17.1 Å². The van der Waals surface area contributed by atoms with Crippen molar-refractivity contribution in [2.45, 2.75) is 76.1 Å². The van der Waals surface area contributed by atoms with Gasteiger partial charge in [-0.15, -0.1) is 0 Å². The van der Waals surface area contributed by atoms with E-state index in [2.05, 4.69) is 20.1 Å². The fourth-order valence-electron chi connectivity index (χ4n) is 6.28. The van der Waals surface area contributed by atoms with Crippen molar-refractivity contribution in [2.75, 3.05) is 19.6 Å². The SMILES string of the molecule is CCNC(=O)c1ccc(-c2cc(CN3C[C@H](O)C[C@]34CCN(C3CCCCC3)C4=O)ccc2F)cn1. The lowest BCUT2D eigenvalue weighted by molar-refractivity contribution is -0.139. The molecular formula is C28H35FN4O3. The van der Waals surface area contributed by atoms with E-state index in [0.29, 0.717) is 43.2 Å². The molecule has 0 bridgehead atoms. The maximum Gasteiger partial charge on any atom is 0.269 e. The summed E-state index contributed by atoms with van der Waals surface area (Å²) in [4.78, 5) is 34.1. The second-order valence-electron chi connectivity index (χ2n) is 10.4. The Morgan fingerprint density at radius 3 is 2.75 bits per heavy atom. The zero-order valence-electron chi connectivity index (χ0n) is 20.9. The van der Waals surface area contributed by atoms with Crippen molar-refractivity contribution in [2.24, 2.45) is 0 Å². The summed E-state index contributed by atoms with van der Waals surface area (Å²) >= 11 is 0. The van der Waals surface area contributed by atoms with Gasteiger partial charge in [0, 0.05) is 56.0 Å². The Hall–Kier alpha value is -2.84. The normalized spacial score (nSPS) is 25.1. The average Bonchev–Trinajstić information content (AvgIpc) is 3.39. The Morgan fingerprint density at radius 2 is 2.03 bits per heavy atom. The number of hydrogen-bond acceptors (Lipinski definition) is 5. The molecule has 192 valence electrons. The second-order valence-corrected chi connectivity index (χ2v) is 10.4. The second kappa shape index (κ2) is 10.3. The van der Waals surface area contributed by atoms with Gasteiger partial charge in [0.05, 0.1) is 6.10 Å². The highest BCUT2D eigenvalue weighted by Crippen LogP contribution is 2.42. The topological polar surface area (TPSA) is 85.8 Å². The minimum absolute atomic E-state index is 0.151. The van der Waals surface area contributed by atoms with E-state index in [0.717, 1.165) is 31.4 Å². The number of nitrogens with zero attached hydrogens (tertiary/aromatic N) is 3. The number of likely N-dealkylation sites (tertiary alicyclic amines) is 2. The van der Waals surface area contributed by atoms with Gasteiger partial charge < -0.3 is 15.3 Å². The molecule has 36 heavy (non-hydrogen) atoms. The van der Waals surface area contributed by atoms with Crippen molar-refractivity contribution in [1.29, 1.82) is 0 Å². The molecule has 3 aliphatic rings. The monoisotopic (exact) mass is 494 g/mol. The average molecular weight is 495 g/mol. The fraction of sp³-hybridized carbons (Fsp3) is 0.536. The Morgan fingerprint density at radius 1 is 1.22 bits per heavy atom. The highest BCUT2D eigenvalue weighted by Gasteiger charge is 2.56. The van der Waals surface area contributed by atoms with Gasteiger partial charge in [0.2, 0.25) is 5.91 Å². The maximum atomic E-state index is 14.8. The van der Waals surface area contributed by atoms with E-state index in [1.54, 1.807) is 24.3 Å². The van der Waals surface area contributed by atoms with Crippen molar-refractivity contribution in [3.05, 3.63) is 53.6 Å². The molecule has 1 spiro atoms. The highest BCUT2D eigenvalue weighted by atomic mass is 19.1. The Balaban J connectivity index is 1.36. The standard InChI is InChI=1S/C28H35FN4O3/c1-2-30-26(35)25-11-9-20(16-31-25)23-14-19(8-10-24(23)29)17-32-18-22(34)15-28(32)12-13-33(27(28)36)21-6-4-3-5-7-21/h8-11,14,16,21-22,34H,2-7,12-13,15,17-18H2,1H3,(H,30,35)/t22-,28+/m1/s1. The van der Waals surface area contributed by atoms with Crippen LogP contribution in [0.25, 0.3) is 11.1 Å². The molecule has 2 aromatic rings. The van der Waals surface area contributed by atoms with Crippen molar-refractivity contribution >= 4 is 11.8 Å². The number of carbonyl (C=O) groups is 2. The molecule has 2 atom stereocenters. The van der Waals surface area contributed by atoms with Crippen LogP contribution < -0.4 is 5.32 Å². The summed E-state index contributed by atoms with van der Waals surface area (Å²) in [6, 6.07) is 8.57. The quantitative estimate of drug-likeness (QED) is 0.642. The van der Waals surface area contributed by atoms with Gasteiger partial charge in [-0.05, 0) is 49.9 Å². The van der Waals surface area contributed by atoms with Crippen LogP contribution in [0.1, 0.15) is 67.9 Å².